The first kappa shape index (κ1) is 23.5. The Bertz CT molecular complexity index is 1110. The first-order chi connectivity index (χ1) is 17.1. The van der Waals surface area contributed by atoms with Crippen LogP contribution < -0.4 is 14.2 Å². The Labute approximate surface area is 205 Å². The van der Waals surface area contributed by atoms with Crippen LogP contribution in [0.15, 0.2) is 30.3 Å². The van der Waals surface area contributed by atoms with Gasteiger partial charge >= 0.3 is 11.9 Å². The molecule has 0 bridgehead atoms. The summed E-state index contributed by atoms with van der Waals surface area (Å²) in [6.07, 6.45) is 7.77. The Kier molecular flexibility index (Phi) is 6.58. The number of carbonyl (C=O) groups is 2. The summed E-state index contributed by atoms with van der Waals surface area (Å²) in [5.41, 5.74) is 2.30. The van der Waals surface area contributed by atoms with Crippen molar-refractivity contribution in [3.05, 3.63) is 41.5 Å². The largest absolute Gasteiger partial charge is 0.493 e. The molecule has 2 aromatic carbocycles. The van der Waals surface area contributed by atoms with Crippen LogP contribution >= 0.6 is 0 Å². The predicted octanol–water partition coefficient (Wildman–Crippen LogP) is 5.47. The van der Waals surface area contributed by atoms with E-state index < -0.39 is 5.41 Å². The van der Waals surface area contributed by atoms with E-state index in [1.54, 1.807) is 20.3 Å². The van der Waals surface area contributed by atoms with Gasteiger partial charge in [-0.15, -0.1) is 0 Å². The molecule has 0 atom stereocenters. The number of hydrogen-bond acceptors (Lipinski definition) is 7. The number of fused-ring (bicyclic) bond motifs is 1. The van der Waals surface area contributed by atoms with E-state index in [4.69, 9.17) is 23.7 Å². The molecule has 3 aliphatic rings. The standard InChI is InChI=1S/C28H32O7/c1-31-23-13-12-20(19-10-6-11-21-22(19)16-33-26(21)29)24(25(23)32-2)34-17-28(14-7-15-28)27(30)35-18-8-4-3-5-9-18/h6,10-13,18H,3-5,7-9,14-17H2,1-2H3. The maximum atomic E-state index is 13.2. The van der Waals surface area contributed by atoms with Crippen LogP contribution in [0.5, 0.6) is 17.2 Å². The van der Waals surface area contributed by atoms with Crippen molar-refractivity contribution in [2.45, 2.75) is 64.1 Å². The van der Waals surface area contributed by atoms with Crippen molar-refractivity contribution in [1.82, 2.24) is 0 Å². The molecule has 2 aliphatic carbocycles. The lowest BCUT2D eigenvalue weighted by Crippen LogP contribution is -2.45. The molecule has 0 amide bonds. The van der Waals surface area contributed by atoms with Gasteiger partial charge in [0.05, 0.1) is 19.8 Å². The molecule has 5 rings (SSSR count). The summed E-state index contributed by atoms with van der Waals surface area (Å²) >= 11 is 0. The number of esters is 2. The third-order valence-electron chi connectivity index (χ3n) is 7.60. The molecule has 1 heterocycles. The molecule has 7 nitrogen and oxygen atoms in total. The molecule has 0 saturated heterocycles. The van der Waals surface area contributed by atoms with Crippen molar-refractivity contribution in [1.29, 1.82) is 0 Å². The van der Waals surface area contributed by atoms with Crippen LogP contribution in [0.4, 0.5) is 0 Å². The van der Waals surface area contributed by atoms with E-state index >= 15 is 0 Å². The van der Waals surface area contributed by atoms with Crippen LogP contribution in [0.3, 0.4) is 0 Å². The third-order valence-corrected chi connectivity index (χ3v) is 7.60. The van der Waals surface area contributed by atoms with Crippen molar-refractivity contribution in [3.63, 3.8) is 0 Å². The van der Waals surface area contributed by atoms with Gasteiger partial charge in [0, 0.05) is 11.1 Å². The summed E-state index contributed by atoms with van der Waals surface area (Å²) in [4.78, 5) is 25.4. The summed E-state index contributed by atoms with van der Waals surface area (Å²) in [7, 11) is 3.13. The number of rotatable bonds is 8. The minimum absolute atomic E-state index is 0.0140. The molecule has 0 spiro atoms. The van der Waals surface area contributed by atoms with Gasteiger partial charge in [0.25, 0.3) is 0 Å². The molecule has 2 fully saturated rings. The molecule has 2 aromatic rings. The molecule has 35 heavy (non-hydrogen) atoms. The van der Waals surface area contributed by atoms with E-state index in [9.17, 15) is 9.59 Å². The smallest absolute Gasteiger partial charge is 0.338 e. The summed E-state index contributed by atoms with van der Waals surface area (Å²) in [5.74, 6) is 0.972. The van der Waals surface area contributed by atoms with Gasteiger partial charge in [-0.3, -0.25) is 4.79 Å². The fourth-order valence-electron chi connectivity index (χ4n) is 5.34. The van der Waals surface area contributed by atoms with E-state index in [2.05, 4.69) is 0 Å². The lowest BCUT2D eigenvalue weighted by molar-refractivity contribution is -0.171. The van der Waals surface area contributed by atoms with Gasteiger partial charge in [0.1, 0.15) is 24.7 Å². The fraction of sp³-hybridized carbons (Fsp3) is 0.500. The van der Waals surface area contributed by atoms with Gasteiger partial charge < -0.3 is 23.7 Å². The molecule has 7 heteroatoms. The molecule has 2 saturated carbocycles. The summed E-state index contributed by atoms with van der Waals surface area (Å²) in [5, 5.41) is 0. The zero-order valence-corrected chi connectivity index (χ0v) is 20.4. The highest BCUT2D eigenvalue weighted by Gasteiger charge is 2.47. The van der Waals surface area contributed by atoms with E-state index in [-0.39, 0.29) is 31.3 Å². The van der Waals surface area contributed by atoms with Gasteiger partial charge in [0.2, 0.25) is 5.75 Å². The van der Waals surface area contributed by atoms with Gasteiger partial charge in [-0.1, -0.05) is 25.0 Å². The van der Waals surface area contributed by atoms with Crippen molar-refractivity contribution in [2.24, 2.45) is 5.41 Å². The predicted molar refractivity (Wildman–Crippen MR) is 129 cm³/mol. The van der Waals surface area contributed by atoms with E-state index in [0.717, 1.165) is 61.6 Å². The van der Waals surface area contributed by atoms with Gasteiger partial charge in [-0.2, -0.15) is 0 Å². The van der Waals surface area contributed by atoms with E-state index in [0.29, 0.717) is 22.8 Å². The lowest BCUT2D eigenvalue weighted by Gasteiger charge is -2.40. The normalized spacial score (nSPS) is 18.7. The number of ether oxygens (including phenoxy) is 5. The number of benzene rings is 2. The maximum absolute atomic E-state index is 13.2. The molecule has 0 radical (unpaired) electrons. The number of carbonyl (C=O) groups excluding carboxylic acids is 2. The topological polar surface area (TPSA) is 80.3 Å². The number of hydrogen-bond donors (Lipinski definition) is 0. The fourth-order valence-corrected chi connectivity index (χ4v) is 5.34. The third kappa shape index (κ3) is 4.32. The van der Waals surface area contributed by atoms with Crippen LogP contribution in [0.2, 0.25) is 0 Å². The average Bonchev–Trinajstić information content (AvgIpc) is 3.24. The zero-order chi connectivity index (χ0) is 24.4. The second kappa shape index (κ2) is 9.80. The minimum Gasteiger partial charge on any atom is -0.493 e. The van der Waals surface area contributed by atoms with Crippen LogP contribution in [-0.2, 0) is 20.9 Å². The van der Waals surface area contributed by atoms with Crippen molar-refractivity contribution in [2.75, 3.05) is 20.8 Å². The summed E-state index contributed by atoms with van der Waals surface area (Å²) < 4.78 is 28.9. The van der Waals surface area contributed by atoms with E-state index in [1.165, 1.54) is 6.42 Å². The summed E-state index contributed by atoms with van der Waals surface area (Å²) in [6.45, 7) is 0.398. The van der Waals surface area contributed by atoms with Crippen LogP contribution in [0.1, 0.15) is 67.3 Å². The van der Waals surface area contributed by atoms with Crippen molar-refractivity contribution < 1.29 is 33.3 Å². The minimum atomic E-state index is -0.652. The monoisotopic (exact) mass is 480 g/mol. The molecule has 0 unspecified atom stereocenters. The number of methoxy groups -OCH3 is 2. The molecular formula is C28H32O7. The van der Waals surface area contributed by atoms with Crippen LogP contribution in [0.25, 0.3) is 11.1 Å². The Morgan fingerprint density at radius 3 is 2.40 bits per heavy atom. The first-order valence-electron chi connectivity index (χ1n) is 12.4. The Morgan fingerprint density at radius 1 is 0.943 bits per heavy atom. The molecular weight excluding hydrogens is 448 g/mol. The second-order valence-electron chi connectivity index (χ2n) is 9.67. The van der Waals surface area contributed by atoms with Crippen LogP contribution in [-0.4, -0.2) is 38.9 Å². The summed E-state index contributed by atoms with van der Waals surface area (Å²) in [6, 6.07) is 9.24. The van der Waals surface area contributed by atoms with E-state index in [1.807, 2.05) is 24.3 Å². The van der Waals surface area contributed by atoms with Gasteiger partial charge in [0.15, 0.2) is 11.5 Å². The first-order valence-corrected chi connectivity index (χ1v) is 12.4. The Balaban J connectivity index is 1.46. The Morgan fingerprint density at radius 2 is 1.71 bits per heavy atom. The van der Waals surface area contributed by atoms with Gasteiger partial charge in [-0.05, 0) is 62.3 Å². The maximum Gasteiger partial charge on any atom is 0.338 e. The Hall–Kier alpha value is -3.22. The van der Waals surface area contributed by atoms with Crippen molar-refractivity contribution >= 4 is 11.9 Å². The molecule has 186 valence electrons. The second-order valence-corrected chi connectivity index (χ2v) is 9.67. The highest BCUT2D eigenvalue weighted by molar-refractivity contribution is 5.96. The highest BCUT2D eigenvalue weighted by atomic mass is 16.6. The average molecular weight is 481 g/mol. The number of cyclic esters (lactones) is 1. The van der Waals surface area contributed by atoms with Crippen LogP contribution in [0, 0.1) is 5.41 Å². The molecule has 1 aliphatic heterocycles. The molecule has 0 aromatic heterocycles. The zero-order valence-electron chi connectivity index (χ0n) is 20.4. The SMILES string of the molecule is COc1ccc(-c2cccc3c2COC3=O)c(OCC2(C(=O)OC3CCCCC3)CCC2)c1OC. The van der Waals surface area contributed by atoms with Gasteiger partial charge in [-0.25, -0.2) is 4.79 Å². The lowest BCUT2D eigenvalue weighted by atomic mass is 9.69. The quantitative estimate of drug-likeness (QED) is 0.464. The molecule has 0 N–H and O–H groups in total. The van der Waals surface area contributed by atoms with Crippen molar-refractivity contribution in [3.8, 4) is 28.4 Å². The highest BCUT2D eigenvalue weighted by Crippen LogP contribution is 2.49.